The van der Waals surface area contributed by atoms with Crippen molar-refractivity contribution in [3.05, 3.63) is 23.8 Å². The highest BCUT2D eigenvalue weighted by molar-refractivity contribution is 6.01. The minimum Gasteiger partial charge on any atom is -0.496 e. The molecule has 0 aliphatic rings. The SMILES string of the molecule is COCC(C)CNC(=O)c1c(N)cccc1OC. The predicted molar refractivity (Wildman–Crippen MR) is 70.8 cm³/mol. The van der Waals surface area contributed by atoms with E-state index in [1.165, 1.54) is 7.11 Å². The maximum absolute atomic E-state index is 12.0. The molecule has 1 aromatic rings. The second-order valence-electron chi connectivity index (χ2n) is 4.20. The summed E-state index contributed by atoms with van der Waals surface area (Å²) >= 11 is 0. The van der Waals surface area contributed by atoms with Gasteiger partial charge in [0.05, 0.1) is 13.7 Å². The summed E-state index contributed by atoms with van der Waals surface area (Å²) in [7, 11) is 3.15. The molecule has 0 saturated carbocycles. The molecular formula is C13H20N2O3. The summed E-state index contributed by atoms with van der Waals surface area (Å²) in [5.41, 5.74) is 6.59. The first-order valence-electron chi connectivity index (χ1n) is 5.79. The van der Waals surface area contributed by atoms with Crippen LogP contribution in [0.25, 0.3) is 0 Å². The molecule has 1 aromatic carbocycles. The van der Waals surface area contributed by atoms with Crippen LogP contribution in [0.2, 0.25) is 0 Å². The topological polar surface area (TPSA) is 73.6 Å². The van der Waals surface area contributed by atoms with Crippen molar-refractivity contribution in [1.29, 1.82) is 0 Å². The van der Waals surface area contributed by atoms with E-state index in [9.17, 15) is 4.79 Å². The molecule has 100 valence electrons. The fourth-order valence-corrected chi connectivity index (χ4v) is 1.66. The minimum absolute atomic E-state index is 0.229. The fourth-order valence-electron chi connectivity index (χ4n) is 1.66. The molecular weight excluding hydrogens is 232 g/mol. The third-order valence-electron chi connectivity index (χ3n) is 2.57. The first-order valence-corrected chi connectivity index (χ1v) is 5.79. The Kier molecular flexibility index (Phi) is 5.45. The smallest absolute Gasteiger partial charge is 0.257 e. The first-order chi connectivity index (χ1) is 8.60. The Hall–Kier alpha value is -1.75. The molecule has 0 bridgehead atoms. The number of amides is 1. The highest BCUT2D eigenvalue weighted by atomic mass is 16.5. The van der Waals surface area contributed by atoms with Gasteiger partial charge in [-0.2, -0.15) is 0 Å². The second kappa shape index (κ2) is 6.86. The number of hydrogen-bond acceptors (Lipinski definition) is 4. The Bertz CT molecular complexity index is 407. The number of carbonyl (C=O) groups is 1. The van der Waals surface area contributed by atoms with Gasteiger partial charge in [-0.15, -0.1) is 0 Å². The number of anilines is 1. The van der Waals surface area contributed by atoms with Crippen LogP contribution in [0.3, 0.4) is 0 Å². The molecule has 1 unspecified atom stereocenters. The van der Waals surface area contributed by atoms with Gasteiger partial charge in [0, 0.05) is 19.3 Å². The molecule has 0 fully saturated rings. The Morgan fingerprint density at radius 2 is 2.17 bits per heavy atom. The third-order valence-corrected chi connectivity index (χ3v) is 2.57. The summed E-state index contributed by atoms with van der Waals surface area (Å²) in [6, 6.07) is 5.14. The van der Waals surface area contributed by atoms with Gasteiger partial charge in [0.25, 0.3) is 5.91 Å². The lowest BCUT2D eigenvalue weighted by Gasteiger charge is -2.14. The Labute approximate surface area is 107 Å². The van der Waals surface area contributed by atoms with E-state index in [0.717, 1.165) is 0 Å². The Morgan fingerprint density at radius 1 is 1.44 bits per heavy atom. The van der Waals surface area contributed by atoms with E-state index in [4.69, 9.17) is 15.2 Å². The lowest BCUT2D eigenvalue weighted by atomic mass is 10.1. The van der Waals surface area contributed by atoms with Gasteiger partial charge in [-0.05, 0) is 18.1 Å². The molecule has 5 heteroatoms. The van der Waals surface area contributed by atoms with Crippen molar-refractivity contribution in [1.82, 2.24) is 5.32 Å². The van der Waals surface area contributed by atoms with Crippen LogP contribution in [0.1, 0.15) is 17.3 Å². The molecule has 1 atom stereocenters. The van der Waals surface area contributed by atoms with Crippen LogP contribution in [-0.2, 0) is 4.74 Å². The van der Waals surface area contributed by atoms with E-state index < -0.39 is 0 Å². The summed E-state index contributed by atoms with van der Waals surface area (Å²) < 4.78 is 10.1. The van der Waals surface area contributed by atoms with Gasteiger partial charge in [-0.1, -0.05) is 13.0 Å². The quantitative estimate of drug-likeness (QED) is 0.748. The van der Waals surface area contributed by atoms with Gasteiger partial charge >= 0.3 is 0 Å². The number of nitrogens with one attached hydrogen (secondary N) is 1. The molecule has 0 heterocycles. The molecule has 0 radical (unpaired) electrons. The van der Waals surface area contributed by atoms with E-state index in [1.807, 2.05) is 6.92 Å². The fraction of sp³-hybridized carbons (Fsp3) is 0.462. The molecule has 0 aliphatic heterocycles. The Morgan fingerprint density at radius 3 is 2.78 bits per heavy atom. The van der Waals surface area contributed by atoms with Crippen molar-refractivity contribution in [2.24, 2.45) is 5.92 Å². The summed E-state index contributed by atoms with van der Waals surface area (Å²) in [6.45, 7) is 3.13. The number of methoxy groups -OCH3 is 2. The Balaban J connectivity index is 2.72. The van der Waals surface area contributed by atoms with Crippen LogP contribution in [0.4, 0.5) is 5.69 Å². The molecule has 3 N–H and O–H groups in total. The van der Waals surface area contributed by atoms with Crippen molar-refractivity contribution in [2.75, 3.05) is 33.1 Å². The monoisotopic (exact) mass is 252 g/mol. The van der Waals surface area contributed by atoms with Crippen LogP contribution in [0.15, 0.2) is 18.2 Å². The van der Waals surface area contributed by atoms with Crippen molar-refractivity contribution < 1.29 is 14.3 Å². The largest absolute Gasteiger partial charge is 0.496 e. The van der Waals surface area contributed by atoms with Gasteiger partial charge in [0.2, 0.25) is 0 Å². The normalized spacial score (nSPS) is 11.9. The average molecular weight is 252 g/mol. The molecule has 0 aromatic heterocycles. The van der Waals surface area contributed by atoms with Gasteiger partial charge in [-0.25, -0.2) is 0 Å². The van der Waals surface area contributed by atoms with Gasteiger partial charge < -0.3 is 20.5 Å². The lowest BCUT2D eigenvalue weighted by molar-refractivity contribution is 0.0932. The molecule has 0 saturated heterocycles. The van der Waals surface area contributed by atoms with E-state index in [2.05, 4.69) is 5.32 Å². The van der Waals surface area contributed by atoms with Gasteiger partial charge in [0.1, 0.15) is 11.3 Å². The van der Waals surface area contributed by atoms with Gasteiger partial charge in [0.15, 0.2) is 0 Å². The van der Waals surface area contributed by atoms with Crippen LogP contribution in [0.5, 0.6) is 5.75 Å². The van der Waals surface area contributed by atoms with E-state index in [1.54, 1.807) is 25.3 Å². The number of ether oxygens (including phenoxy) is 2. The van der Waals surface area contributed by atoms with Crippen molar-refractivity contribution in [3.8, 4) is 5.75 Å². The van der Waals surface area contributed by atoms with Crippen molar-refractivity contribution >= 4 is 11.6 Å². The van der Waals surface area contributed by atoms with Crippen LogP contribution < -0.4 is 15.8 Å². The second-order valence-corrected chi connectivity index (χ2v) is 4.20. The molecule has 18 heavy (non-hydrogen) atoms. The molecule has 1 rings (SSSR count). The van der Waals surface area contributed by atoms with Crippen LogP contribution in [-0.4, -0.2) is 33.3 Å². The van der Waals surface area contributed by atoms with Crippen molar-refractivity contribution in [2.45, 2.75) is 6.92 Å². The molecule has 0 aliphatic carbocycles. The zero-order valence-corrected chi connectivity index (χ0v) is 11.0. The summed E-state index contributed by atoms with van der Waals surface area (Å²) in [5.74, 6) is 0.495. The summed E-state index contributed by atoms with van der Waals surface area (Å²) in [5, 5.41) is 2.82. The third kappa shape index (κ3) is 3.63. The van der Waals surface area contributed by atoms with Crippen molar-refractivity contribution in [3.63, 3.8) is 0 Å². The zero-order chi connectivity index (χ0) is 13.5. The molecule has 0 spiro atoms. The highest BCUT2D eigenvalue weighted by Gasteiger charge is 2.16. The number of rotatable bonds is 6. The first kappa shape index (κ1) is 14.3. The number of carbonyl (C=O) groups excluding carboxylic acids is 1. The maximum Gasteiger partial charge on any atom is 0.257 e. The number of hydrogen-bond donors (Lipinski definition) is 2. The predicted octanol–water partition coefficient (Wildman–Crippen LogP) is 1.29. The minimum atomic E-state index is -0.229. The maximum atomic E-state index is 12.0. The zero-order valence-electron chi connectivity index (χ0n) is 11.0. The number of benzene rings is 1. The summed E-state index contributed by atoms with van der Waals surface area (Å²) in [6.07, 6.45) is 0. The van der Waals surface area contributed by atoms with Crippen LogP contribution >= 0.6 is 0 Å². The van der Waals surface area contributed by atoms with E-state index >= 15 is 0 Å². The standard InChI is InChI=1S/C13H20N2O3/c1-9(8-17-2)7-15-13(16)12-10(14)5-4-6-11(12)18-3/h4-6,9H,7-8,14H2,1-3H3,(H,15,16). The van der Waals surface area contributed by atoms with Gasteiger partial charge in [-0.3, -0.25) is 4.79 Å². The number of nitrogens with two attached hydrogens (primary N) is 1. The molecule has 1 amide bonds. The molecule has 5 nitrogen and oxygen atoms in total. The van der Waals surface area contributed by atoms with Crippen LogP contribution in [0, 0.1) is 5.92 Å². The highest BCUT2D eigenvalue weighted by Crippen LogP contribution is 2.23. The number of nitrogen functional groups attached to an aromatic ring is 1. The van der Waals surface area contributed by atoms with E-state index in [-0.39, 0.29) is 11.8 Å². The lowest BCUT2D eigenvalue weighted by Crippen LogP contribution is -2.30. The average Bonchev–Trinajstić information content (AvgIpc) is 2.36. The van der Waals surface area contributed by atoms with E-state index in [0.29, 0.717) is 30.2 Å². The summed E-state index contributed by atoms with van der Waals surface area (Å²) in [4.78, 5) is 12.0.